The Morgan fingerprint density at radius 3 is 2.27 bits per heavy atom. The van der Waals surface area contributed by atoms with E-state index < -0.39 is 0 Å². The second-order valence-corrected chi connectivity index (χ2v) is 7.44. The Balaban J connectivity index is 2.22. The van der Waals surface area contributed by atoms with Gasteiger partial charge in [0.05, 0.1) is 11.4 Å². The SMILES string of the molecule is CCC(C)Cc1nc2c(C)sc(C)c2nc1-c1ccccc1. The molecule has 1 atom stereocenters. The minimum atomic E-state index is 0.620. The van der Waals surface area contributed by atoms with Gasteiger partial charge in [0.2, 0.25) is 0 Å². The maximum Gasteiger partial charge on any atom is 0.103 e. The van der Waals surface area contributed by atoms with E-state index >= 15 is 0 Å². The quantitative estimate of drug-likeness (QED) is 0.630. The molecule has 0 spiro atoms. The minimum Gasteiger partial charge on any atom is -0.248 e. The van der Waals surface area contributed by atoms with E-state index in [-0.39, 0.29) is 0 Å². The van der Waals surface area contributed by atoms with Crippen molar-refractivity contribution in [2.75, 3.05) is 0 Å². The van der Waals surface area contributed by atoms with Crippen LogP contribution in [0.2, 0.25) is 0 Å². The molecule has 3 rings (SSSR count). The molecular weight excluding hydrogens is 288 g/mol. The summed E-state index contributed by atoms with van der Waals surface area (Å²) in [5.41, 5.74) is 5.50. The summed E-state index contributed by atoms with van der Waals surface area (Å²) in [6, 6.07) is 10.4. The van der Waals surface area contributed by atoms with Crippen molar-refractivity contribution in [3.63, 3.8) is 0 Å². The van der Waals surface area contributed by atoms with Crippen LogP contribution >= 0.6 is 11.3 Å². The van der Waals surface area contributed by atoms with Crippen LogP contribution in [0.5, 0.6) is 0 Å². The first kappa shape index (κ1) is 15.2. The van der Waals surface area contributed by atoms with Gasteiger partial charge in [0, 0.05) is 15.3 Å². The Hall–Kier alpha value is -1.74. The summed E-state index contributed by atoms with van der Waals surface area (Å²) in [6.07, 6.45) is 2.15. The van der Waals surface area contributed by atoms with Crippen molar-refractivity contribution < 1.29 is 0 Å². The highest BCUT2D eigenvalue weighted by atomic mass is 32.1. The Morgan fingerprint density at radius 1 is 1.00 bits per heavy atom. The molecule has 22 heavy (non-hydrogen) atoms. The zero-order valence-corrected chi connectivity index (χ0v) is 14.5. The van der Waals surface area contributed by atoms with Crippen molar-refractivity contribution in [2.24, 2.45) is 5.92 Å². The number of aromatic nitrogens is 2. The Morgan fingerprint density at radius 2 is 1.64 bits per heavy atom. The maximum atomic E-state index is 5.01. The van der Waals surface area contributed by atoms with Gasteiger partial charge in [-0.15, -0.1) is 11.3 Å². The normalized spacial score (nSPS) is 12.7. The highest BCUT2D eigenvalue weighted by Gasteiger charge is 2.16. The molecule has 0 aliphatic rings. The first-order chi connectivity index (χ1) is 10.6. The molecule has 0 fully saturated rings. The van der Waals surface area contributed by atoms with Crippen LogP contribution in [0, 0.1) is 19.8 Å². The number of rotatable bonds is 4. The van der Waals surface area contributed by atoms with E-state index in [2.05, 4.69) is 52.0 Å². The van der Waals surface area contributed by atoms with E-state index in [0.29, 0.717) is 5.92 Å². The summed E-state index contributed by atoms with van der Waals surface area (Å²) >= 11 is 1.79. The van der Waals surface area contributed by atoms with E-state index in [1.165, 1.54) is 15.3 Å². The fraction of sp³-hybridized carbons (Fsp3) is 0.368. The Kier molecular flexibility index (Phi) is 4.25. The summed E-state index contributed by atoms with van der Waals surface area (Å²) < 4.78 is 0. The smallest absolute Gasteiger partial charge is 0.103 e. The predicted octanol–water partition coefficient (Wildman–Crippen LogP) is 5.56. The third-order valence-corrected chi connectivity index (χ3v) is 5.23. The van der Waals surface area contributed by atoms with Crippen molar-refractivity contribution >= 4 is 22.4 Å². The largest absolute Gasteiger partial charge is 0.248 e. The number of nitrogens with zero attached hydrogens (tertiary/aromatic N) is 2. The third-order valence-electron chi connectivity index (χ3n) is 4.23. The lowest BCUT2D eigenvalue weighted by atomic mass is 9.99. The molecule has 1 unspecified atom stereocenters. The molecular formula is C19H22N2S. The van der Waals surface area contributed by atoms with Crippen molar-refractivity contribution in [1.29, 1.82) is 0 Å². The number of hydrogen-bond acceptors (Lipinski definition) is 3. The van der Waals surface area contributed by atoms with Gasteiger partial charge in [-0.3, -0.25) is 0 Å². The van der Waals surface area contributed by atoms with Crippen LogP contribution in [0.15, 0.2) is 30.3 Å². The monoisotopic (exact) mass is 310 g/mol. The van der Waals surface area contributed by atoms with Crippen LogP contribution in [-0.2, 0) is 6.42 Å². The number of fused-ring (bicyclic) bond motifs is 1. The molecule has 0 bridgehead atoms. The fourth-order valence-electron chi connectivity index (χ4n) is 2.73. The molecule has 0 N–H and O–H groups in total. The highest BCUT2D eigenvalue weighted by Crippen LogP contribution is 2.32. The van der Waals surface area contributed by atoms with E-state index in [9.17, 15) is 0 Å². The van der Waals surface area contributed by atoms with Gasteiger partial charge in [0.25, 0.3) is 0 Å². The molecule has 2 aromatic heterocycles. The van der Waals surface area contributed by atoms with Crippen molar-refractivity contribution in [1.82, 2.24) is 9.97 Å². The Labute approximate surface area is 136 Å². The molecule has 114 valence electrons. The lowest BCUT2D eigenvalue weighted by molar-refractivity contribution is 0.553. The second kappa shape index (κ2) is 6.17. The van der Waals surface area contributed by atoms with Gasteiger partial charge in [-0.2, -0.15) is 0 Å². The average molecular weight is 310 g/mol. The molecule has 0 amide bonds. The maximum absolute atomic E-state index is 5.01. The summed E-state index contributed by atoms with van der Waals surface area (Å²) in [7, 11) is 0. The molecule has 0 saturated carbocycles. The van der Waals surface area contributed by atoms with E-state index in [1.807, 2.05) is 6.07 Å². The van der Waals surface area contributed by atoms with Gasteiger partial charge in [-0.1, -0.05) is 50.6 Å². The summed E-state index contributed by atoms with van der Waals surface area (Å²) in [4.78, 5) is 12.5. The van der Waals surface area contributed by atoms with Gasteiger partial charge < -0.3 is 0 Å². The molecule has 1 aromatic carbocycles. The molecule has 0 radical (unpaired) electrons. The second-order valence-electron chi connectivity index (χ2n) is 6.01. The molecule has 0 saturated heterocycles. The van der Waals surface area contributed by atoms with Crippen LogP contribution in [0.3, 0.4) is 0 Å². The molecule has 3 heteroatoms. The predicted molar refractivity (Wildman–Crippen MR) is 95.5 cm³/mol. The standard InChI is InChI=1S/C19H22N2S/c1-5-12(2)11-16-19(15-9-7-6-8-10-15)21-18-14(4)22-13(3)17(18)20-16/h6-10,12H,5,11H2,1-4H3. The zero-order valence-electron chi connectivity index (χ0n) is 13.7. The fourth-order valence-corrected chi connectivity index (χ4v) is 3.67. The van der Waals surface area contributed by atoms with Crippen LogP contribution in [0.4, 0.5) is 0 Å². The topological polar surface area (TPSA) is 25.8 Å². The zero-order chi connectivity index (χ0) is 15.7. The lowest BCUT2D eigenvalue weighted by Gasteiger charge is -2.13. The molecule has 2 nitrogen and oxygen atoms in total. The third kappa shape index (κ3) is 2.78. The van der Waals surface area contributed by atoms with E-state index in [4.69, 9.17) is 9.97 Å². The minimum absolute atomic E-state index is 0.620. The molecule has 0 aliphatic carbocycles. The van der Waals surface area contributed by atoms with Crippen LogP contribution < -0.4 is 0 Å². The van der Waals surface area contributed by atoms with E-state index in [1.54, 1.807) is 11.3 Å². The molecule has 3 aromatic rings. The first-order valence-electron chi connectivity index (χ1n) is 7.92. The van der Waals surface area contributed by atoms with Gasteiger partial charge >= 0.3 is 0 Å². The summed E-state index contributed by atoms with van der Waals surface area (Å²) in [5, 5.41) is 0. The van der Waals surface area contributed by atoms with Crippen LogP contribution in [0.1, 0.15) is 35.7 Å². The molecule has 2 heterocycles. The lowest BCUT2D eigenvalue weighted by Crippen LogP contribution is -2.05. The Bertz CT molecular complexity index is 790. The van der Waals surface area contributed by atoms with Gasteiger partial charge in [0.1, 0.15) is 11.0 Å². The van der Waals surface area contributed by atoms with Crippen LogP contribution in [0.25, 0.3) is 22.3 Å². The first-order valence-corrected chi connectivity index (χ1v) is 8.73. The number of hydrogen-bond donors (Lipinski definition) is 0. The van der Waals surface area contributed by atoms with Crippen molar-refractivity contribution in [3.8, 4) is 11.3 Å². The average Bonchev–Trinajstić information content (AvgIpc) is 2.81. The summed E-state index contributed by atoms with van der Waals surface area (Å²) in [6.45, 7) is 8.80. The highest BCUT2D eigenvalue weighted by molar-refractivity contribution is 7.13. The van der Waals surface area contributed by atoms with Gasteiger partial charge in [-0.05, 0) is 26.2 Å². The number of thiophene rings is 1. The van der Waals surface area contributed by atoms with E-state index in [0.717, 1.165) is 35.3 Å². The van der Waals surface area contributed by atoms with Crippen molar-refractivity contribution in [3.05, 3.63) is 45.8 Å². The van der Waals surface area contributed by atoms with Gasteiger partial charge in [0.15, 0.2) is 0 Å². The molecule has 0 aliphatic heterocycles. The summed E-state index contributed by atoms with van der Waals surface area (Å²) in [5.74, 6) is 0.620. The van der Waals surface area contributed by atoms with Crippen molar-refractivity contribution in [2.45, 2.75) is 40.5 Å². The number of benzene rings is 1. The van der Waals surface area contributed by atoms with Gasteiger partial charge in [-0.25, -0.2) is 9.97 Å². The number of aryl methyl sites for hydroxylation is 2. The van der Waals surface area contributed by atoms with Crippen LogP contribution in [-0.4, -0.2) is 9.97 Å².